The van der Waals surface area contributed by atoms with Crippen LogP contribution in [0.5, 0.6) is 5.75 Å². The molecule has 0 atom stereocenters. The van der Waals surface area contributed by atoms with Gasteiger partial charge in [0.2, 0.25) is 0 Å². The fourth-order valence-electron chi connectivity index (χ4n) is 3.13. The van der Waals surface area contributed by atoms with Crippen molar-refractivity contribution in [3.8, 4) is 17.6 Å². The van der Waals surface area contributed by atoms with Crippen molar-refractivity contribution in [1.82, 2.24) is 9.97 Å². The van der Waals surface area contributed by atoms with Gasteiger partial charge in [0, 0.05) is 17.5 Å². The van der Waals surface area contributed by atoms with E-state index in [1.54, 1.807) is 24.3 Å². The number of anilines is 2. The van der Waals surface area contributed by atoms with Crippen molar-refractivity contribution in [2.24, 2.45) is 0 Å². The minimum Gasteiger partial charge on any atom is -0.487 e. The summed E-state index contributed by atoms with van der Waals surface area (Å²) in [6, 6.07) is 17.3. The third kappa shape index (κ3) is 5.20. The summed E-state index contributed by atoms with van der Waals surface area (Å²) in [5.41, 5.74) is 3.16. The molecule has 4 rings (SSSR count). The molecule has 4 aromatic rings. The van der Waals surface area contributed by atoms with Crippen LogP contribution in [0.3, 0.4) is 0 Å². The lowest BCUT2D eigenvalue weighted by atomic mass is 10.1. The maximum absolute atomic E-state index is 13.3. The van der Waals surface area contributed by atoms with Gasteiger partial charge in [-0.15, -0.1) is 0 Å². The van der Waals surface area contributed by atoms with E-state index >= 15 is 0 Å². The molecule has 0 aliphatic carbocycles. The smallest absolute Gasteiger partial charge is 0.192 e. The number of benzene rings is 3. The number of ether oxygens (including phenoxy) is 1. The van der Waals surface area contributed by atoms with Crippen molar-refractivity contribution < 1.29 is 13.9 Å². The zero-order valence-corrected chi connectivity index (χ0v) is 17.6. The number of nitrogens with zero attached hydrogens (tertiary/aromatic N) is 2. The van der Waals surface area contributed by atoms with E-state index in [2.05, 4.69) is 27.1 Å². The highest BCUT2D eigenvalue weighted by Gasteiger charge is 2.08. The number of aldehydes is 1. The molecular weight excluding hydrogens is 429 g/mol. The molecule has 158 valence electrons. The SMILES string of the molecule is O=CC#CCc1ccc2ncnc(Nc3ccc(OCc4cccc(F)c4)c(Cl)c3)c2c1. The van der Waals surface area contributed by atoms with Crippen molar-refractivity contribution in [2.45, 2.75) is 13.0 Å². The van der Waals surface area contributed by atoms with Crippen LogP contribution in [0.25, 0.3) is 10.9 Å². The monoisotopic (exact) mass is 445 g/mol. The highest BCUT2D eigenvalue weighted by Crippen LogP contribution is 2.31. The molecule has 3 aromatic carbocycles. The van der Waals surface area contributed by atoms with Crippen molar-refractivity contribution >= 4 is 40.3 Å². The number of aromatic nitrogens is 2. The predicted octanol–water partition coefficient (Wildman–Crippen LogP) is 5.49. The van der Waals surface area contributed by atoms with E-state index in [-0.39, 0.29) is 12.4 Å². The second kappa shape index (κ2) is 9.90. The average Bonchev–Trinajstić information content (AvgIpc) is 2.79. The summed E-state index contributed by atoms with van der Waals surface area (Å²) in [5.74, 6) is 6.00. The van der Waals surface area contributed by atoms with E-state index in [0.29, 0.717) is 34.9 Å². The molecule has 0 spiro atoms. The fourth-order valence-corrected chi connectivity index (χ4v) is 3.36. The number of hydrogen-bond acceptors (Lipinski definition) is 5. The number of rotatable bonds is 6. The van der Waals surface area contributed by atoms with Gasteiger partial charge >= 0.3 is 0 Å². The molecule has 0 aliphatic heterocycles. The quantitative estimate of drug-likeness (QED) is 0.314. The van der Waals surface area contributed by atoms with Gasteiger partial charge in [-0.1, -0.05) is 35.7 Å². The average molecular weight is 446 g/mol. The Labute approximate surface area is 189 Å². The van der Waals surface area contributed by atoms with E-state index in [1.165, 1.54) is 18.5 Å². The first-order valence-corrected chi connectivity index (χ1v) is 10.1. The Hall–Kier alpha value is -3.95. The Morgan fingerprint density at radius 3 is 2.78 bits per heavy atom. The molecule has 0 saturated heterocycles. The lowest BCUT2D eigenvalue weighted by Crippen LogP contribution is -1.99. The fraction of sp³-hybridized carbons (Fsp3) is 0.0800. The molecule has 1 N–H and O–H groups in total. The summed E-state index contributed by atoms with van der Waals surface area (Å²) < 4.78 is 19.1. The molecule has 5 nitrogen and oxygen atoms in total. The van der Waals surface area contributed by atoms with E-state index < -0.39 is 0 Å². The van der Waals surface area contributed by atoms with Gasteiger partial charge in [-0.25, -0.2) is 14.4 Å². The van der Waals surface area contributed by atoms with E-state index in [1.807, 2.05) is 24.3 Å². The normalized spacial score (nSPS) is 10.3. The van der Waals surface area contributed by atoms with Crippen LogP contribution in [0.2, 0.25) is 5.02 Å². The van der Waals surface area contributed by atoms with Crippen molar-refractivity contribution in [1.29, 1.82) is 0 Å². The Bertz CT molecular complexity index is 1350. The second-order valence-electron chi connectivity index (χ2n) is 6.88. The van der Waals surface area contributed by atoms with Gasteiger partial charge in [-0.3, -0.25) is 4.79 Å². The third-order valence-electron chi connectivity index (χ3n) is 4.63. The number of carbonyl (C=O) groups excluding carboxylic acids is 1. The van der Waals surface area contributed by atoms with Gasteiger partial charge in [0.1, 0.15) is 30.3 Å². The molecule has 1 heterocycles. The minimum atomic E-state index is -0.312. The molecule has 0 amide bonds. The van der Waals surface area contributed by atoms with Crippen LogP contribution in [0.4, 0.5) is 15.9 Å². The maximum atomic E-state index is 13.3. The Morgan fingerprint density at radius 1 is 1.06 bits per heavy atom. The van der Waals surface area contributed by atoms with Crippen molar-refractivity contribution in [2.75, 3.05) is 5.32 Å². The Balaban J connectivity index is 1.52. The first-order chi connectivity index (χ1) is 15.6. The Kier molecular flexibility index (Phi) is 6.59. The molecule has 0 fully saturated rings. The highest BCUT2D eigenvalue weighted by molar-refractivity contribution is 6.32. The third-order valence-corrected chi connectivity index (χ3v) is 4.93. The number of carbonyl (C=O) groups is 1. The predicted molar refractivity (Wildman–Crippen MR) is 123 cm³/mol. The standard InChI is InChI=1S/C25H17ClFN3O2/c26-22-14-20(8-10-24(22)32-15-18-5-3-6-19(27)12-18)30-25-21-13-17(4-1-2-11-31)7-9-23(21)28-16-29-25/h3,5-14,16H,4,15H2,(H,28,29,30). The number of hydrogen-bond donors (Lipinski definition) is 1. The van der Waals surface area contributed by atoms with Crippen LogP contribution in [-0.2, 0) is 17.8 Å². The molecule has 7 heteroatoms. The summed E-state index contributed by atoms with van der Waals surface area (Å²) in [7, 11) is 0. The molecular formula is C25H17ClFN3O2. The summed E-state index contributed by atoms with van der Waals surface area (Å²) in [6.45, 7) is 0.205. The van der Waals surface area contributed by atoms with E-state index in [9.17, 15) is 9.18 Å². The maximum Gasteiger partial charge on any atom is 0.192 e. The van der Waals surface area contributed by atoms with Crippen molar-refractivity contribution in [3.63, 3.8) is 0 Å². The zero-order chi connectivity index (χ0) is 22.3. The molecule has 32 heavy (non-hydrogen) atoms. The van der Waals surface area contributed by atoms with Gasteiger partial charge in [-0.2, -0.15) is 0 Å². The van der Waals surface area contributed by atoms with E-state index in [0.717, 1.165) is 22.2 Å². The second-order valence-corrected chi connectivity index (χ2v) is 7.29. The van der Waals surface area contributed by atoms with Crippen LogP contribution in [0.15, 0.2) is 67.0 Å². The molecule has 1 aromatic heterocycles. The number of fused-ring (bicyclic) bond motifs is 1. The van der Waals surface area contributed by atoms with Gasteiger partial charge in [0.25, 0.3) is 0 Å². The van der Waals surface area contributed by atoms with Crippen LogP contribution in [-0.4, -0.2) is 16.3 Å². The Morgan fingerprint density at radius 2 is 1.97 bits per heavy atom. The van der Waals surface area contributed by atoms with Gasteiger partial charge < -0.3 is 10.1 Å². The lowest BCUT2D eigenvalue weighted by molar-refractivity contribution is -0.103. The number of nitrogens with one attached hydrogen (secondary N) is 1. The lowest BCUT2D eigenvalue weighted by Gasteiger charge is -2.12. The largest absolute Gasteiger partial charge is 0.487 e. The van der Waals surface area contributed by atoms with E-state index in [4.69, 9.17) is 16.3 Å². The summed E-state index contributed by atoms with van der Waals surface area (Å²) in [5, 5.41) is 4.49. The molecule has 0 saturated carbocycles. The highest BCUT2D eigenvalue weighted by atomic mass is 35.5. The summed E-state index contributed by atoms with van der Waals surface area (Å²) >= 11 is 6.39. The summed E-state index contributed by atoms with van der Waals surface area (Å²) in [6.07, 6.45) is 2.51. The van der Waals surface area contributed by atoms with Gasteiger partial charge in [0.05, 0.1) is 10.5 Å². The molecule has 0 bridgehead atoms. The van der Waals surface area contributed by atoms with Crippen LogP contribution >= 0.6 is 11.6 Å². The van der Waals surface area contributed by atoms with Crippen molar-refractivity contribution in [3.05, 3.63) is 89.0 Å². The van der Waals surface area contributed by atoms with Crippen LogP contribution in [0.1, 0.15) is 11.1 Å². The van der Waals surface area contributed by atoms with Gasteiger partial charge in [-0.05, 0) is 59.5 Å². The minimum absolute atomic E-state index is 0.205. The number of halogens is 2. The molecule has 0 aliphatic rings. The molecule has 0 radical (unpaired) electrons. The van der Waals surface area contributed by atoms with Crippen LogP contribution < -0.4 is 10.1 Å². The van der Waals surface area contributed by atoms with Gasteiger partial charge in [0.15, 0.2) is 6.29 Å². The first kappa shape index (κ1) is 21.3. The zero-order valence-electron chi connectivity index (χ0n) is 16.8. The summed E-state index contributed by atoms with van der Waals surface area (Å²) in [4.78, 5) is 19.1. The van der Waals surface area contributed by atoms with Crippen LogP contribution in [0, 0.1) is 17.7 Å². The first-order valence-electron chi connectivity index (χ1n) is 9.72. The molecule has 0 unspecified atom stereocenters. The topological polar surface area (TPSA) is 64.1 Å².